The summed E-state index contributed by atoms with van der Waals surface area (Å²) in [6.45, 7) is 5.26. The van der Waals surface area contributed by atoms with Gasteiger partial charge < -0.3 is 5.32 Å². The van der Waals surface area contributed by atoms with Crippen LogP contribution in [0.4, 0.5) is 0 Å². The molecule has 174 valence electrons. The van der Waals surface area contributed by atoms with Crippen molar-refractivity contribution in [1.29, 1.82) is 0 Å². The third-order valence-electron chi connectivity index (χ3n) is 6.25. The van der Waals surface area contributed by atoms with Crippen LogP contribution in [-0.4, -0.2) is 41.0 Å². The van der Waals surface area contributed by atoms with Crippen molar-refractivity contribution in [3.8, 4) is 0 Å². The Hall–Kier alpha value is -2.97. The van der Waals surface area contributed by atoms with E-state index in [1.807, 2.05) is 36.7 Å². The van der Waals surface area contributed by atoms with Crippen molar-refractivity contribution in [2.24, 2.45) is 0 Å². The number of nitrogens with one attached hydrogen (secondary N) is 1. The van der Waals surface area contributed by atoms with Gasteiger partial charge in [-0.15, -0.1) is 0 Å². The monoisotopic (exact) mass is 466 g/mol. The van der Waals surface area contributed by atoms with Crippen molar-refractivity contribution < 1.29 is 13.2 Å². The summed E-state index contributed by atoms with van der Waals surface area (Å²) >= 11 is 0. The lowest BCUT2D eigenvalue weighted by Crippen LogP contribution is -2.51. The number of carbonyl (C=O) groups excluding carboxylic acids is 1. The van der Waals surface area contributed by atoms with Crippen molar-refractivity contribution in [1.82, 2.24) is 19.4 Å². The van der Waals surface area contributed by atoms with Crippen LogP contribution in [0.1, 0.15) is 41.8 Å². The predicted molar refractivity (Wildman–Crippen MR) is 127 cm³/mol. The Kier molecular flexibility index (Phi) is 6.95. The molecule has 2 aromatic carbocycles. The zero-order valence-electron chi connectivity index (χ0n) is 19.1. The van der Waals surface area contributed by atoms with E-state index in [1.165, 1.54) is 4.31 Å². The number of benzene rings is 2. The lowest BCUT2D eigenvalue weighted by atomic mass is 10.0. The molecule has 1 amide bonds. The van der Waals surface area contributed by atoms with Gasteiger partial charge in [0.05, 0.1) is 17.1 Å². The summed E-state index contributed by atoms with van der Waals surface area (Å²) < 4.78 is 29.7. The lowest BCUT2D eigenvalue weighted by Gasteiger charge is -2.33. The number of carbonyl (C=O) groups is 1. The molecule has 1 fully saturated rings. The van der Waals surface area contributed by atoms with E-state index in [-0.39, 0.29) is 10.8 Å². The van der Waals surface area contributed by atoms with Crippen LogP contribution in [0.15, 0.2) is 65.6 Å². The van der Waals surface area contributed by atoms with Gasteiger partial charge in [0.1, 0.15) is 6.04 Å². The van der Waals surface area contributed by atoms with Crippen LogP contribution in [0.2, 0.25) is 0 Å². The first kappa shape index (κ1) is 23.2. The molecule has 1 N–H and O–H groups in total. The Labute approximate surface area is 195 Å². The number of aromatic nitrogens is 2. The second kappa shape index (κ2) is 9.89. The van der Waals surface area contributed by atoms with Gasteiger partial charge in [-0.2, -0.15) is 9.40 Å². The van der Waals surface area contributed by atoms with E-state index in [0.29, 0.717) is 26.1 Å². The highest BCUT2D eigenvalue weighted by Gasteiger charge is 2.37. The summed E-state index contributed by atoms with van der Waals surface area (Å²) in [6.07, 6.45) is 2.09. The van der Waals surface area contributed by atoms with Crippen molar-refractivity contribution in [3.05, 3.63) is 83.2 Å². The maximum atomic E-state index is 13.2. The van der Waals surface area contributed by atoms with E-state index >= 15 is 0 Å². The number of amides is 1. The molecular weight excluding hydrogens is 436 g/mol. The molecule has 4 rings (SSSR count). The fourth-order valence-corrected chi connectivity index (χ4v) is 6.05. The molecule has 0 aliphatic carbocycles. The van der Waals surface area contributed by atoms with E-state index < -0.39 is 16.1 Å². The minimum absolute atomic E-state index is 0.221. The zero-order chi connectivity index (χ0) is 23.4. The maximum absolute atomic E-state index is 13.2. The van der Waals surface area contributed by atoms with Crippen LogP contribution in [0.5, 0.6) is 0 Å². The summed E-state index contributed by atoms with van der Waals surface area (Å²) in [6, 6.07) is 17.7. The Morgan fingerprint density at radius 2 is 1.70 bits per heavy atom. The van der Waals surface area contributed by atoms with Crippen LogP contribution < -0.4 is 5.32 Å². The highest BCUT2D eigenvalue weighted by atomic mass is 32.2. The summed E-state index contributed by atoms with van der Waals surface area (Å²) in [5, 5.41) is 7.63. The Morgan fingerprint density at radius 3 is 2.39 bits per heavy atom. The fraction of sp³-hybridized carbons (Fsp3) is 0.360. The molecular formula is C25H30N4O3S. The number of rotatable bonds is 7. The SMILES string of the molecule is Cc1nn(Cc2ccccc2)c(C)c1CNC(=O)C1CCCCN1S(=O)(=O)c1ccccc1. The Bertz CT molecular complexity index is 1210. The van der Waals surface area contributed by atoms with Gasteiger partial charge in [0.2, 0.25) is 15.9 Å². The molecule has 33 heavy (non-hydrogen) atoms. The number of nitrogens with zero attached hydrogens (tertiary/aromatic N) is 3. The molecule has 7 nitrogen and oxygen atoms in total. The first-order chi connectivity index (χ1) is 15.9. The van der Waals surface area contributed by atoms with Gasteiger partial charge in [-0.05, 0) is 44.4 Å². The molecule has 0 saturated carbocycles. The minimum Gasteiger partial charge on any atom is -0.350 e. The summed E-state index contributed by atoms with van der Waals surface area (Å²) in [5.41, 5.74) is 3.98. The van der Waals surface area contributed by atoms with Gasteiger partial charge >= 0.3 is 0 Å². The van der Waals surface area contributed by atoms with Crippen LogP contribution in [-0.2, 0) is 27.9 Å². The quantitative estimate of drug-likeness (QED) is 0.578. The number of piperidine rings is 1. The largest absolute Gasteiger partial charge is 0.350 e. The van der Waals surface area contributed by atoms with Gasteiger partial charge in [-0.1, -0.05) is 55.0 Å². The Balaban J connectivity index is 1.48. The van der Waals surface area contributed by atoms with Crippen molar-refractivity contribution >= 4 is 15.9 Å². The second-order valence-electron chi connectivity index (χ2n) is 8.45. The maximum Gasteiger partial charge on any atom is 0.243 e. The Morgan fingerprint density at radius 1 is 1.03 bits per heavy atom. The van der Waals surface area contributed by atoms with Crippen LogP contribution >= 0.6 is 0 Å². The van der Waals surface area contributed by atoms with E-state index in [4.69, 9.17) is 0 Å². The molecule has 1 aliphatic rings. The molecule has 1 unspecified atom stereocenters. The number of hydrogen-bond acceptors (Lipinski definition) is 4. The van der Waals surface area contributed by atoms with Crippen molar-refractivity contribution in [2.75, 3.05) is 6.54 Å². The molecule has 1 saturated heterocycles. The van der Waals surface area contributed by atoms with Crippen molar-refractivity contribution in [3.63, 3.8) is 0 Å². The highest BCUT2D eigenvalue weighted by molar-refractivity contribution is 7.89. The average molecular weight is 467 g/mol. The molecule has 1 aliphatic heterocycles. The molecule has 2 heterocycles. The molecule has 0 spiro atoms. The molecule has 1 atom stereocenters. The standard InChI is InChI=1S/C25H30N4O3S/c1-19-23(20(2)28(27-19)18-21-11-5-3-6-12-21)17-26-25(30)24-15-9-10-16-29(24)33(31,32)22-13-7-4-8-14-22/h3-8,11-14,24H,9-10,15-18H2,1-2H3,(H,26,30). The smallest absolute Gasteiger partial charge is 0.243 e. The topological polar surface area (TPSA) is 84.3 Å². The normalized spacial score (nSPS) is 17.1. The molecule has 0 radical (unpaired) electrons. The van der Waals surface area contributed by atoms with Gasteiger partial charge in [0, 0.05) is 24.3 Å². The third-order valence-corrected chi connectivity index (χ3v) is 8.17. The van der Waals surface area contributed by atoms with Gasteiger partial charge in [0.25, 0.3) is 0 Å². The molecule has 3 aromatic rings. The van der Waals surface area contributed by atoms with Gasteiger partial charge in [-0.3, -0.25) is 9.48 Å². The van der Waals surface area contributed by atoms with Crippen LogP contribution in [0.3, 0.4) is 0 Å². The van der Waals surface area contributed by atoms with E-state index in [2.05, 4.69) is 22.5 Å². The summed E-state index contributed by atoms with van der Waals surface area (Å²) in [5.74, 6) is -0.260. The average Bonchev–Trinajstić information content (AvgIpc) is 3.10. The predicted octanol–water partition coefficient (Wildman–Crippen LogP) is 3.41. The third kappa shape index (κ3) is 5.02. The number of hydrogen-bond donors (Lipinski definition) is 1. The van der Waals surface area contributed by atoms with E-state index in [1.54, 1.807) is 30.3 Å². The second-order valence-corrected chi connectivity index (χ2v) is 10.3. The first-order valence-corrected chi connectivity index (χ1v) is 12.7. The van der Waals surface area contributed by atoms with E-state index in [0.717, 1.165) is 35.4 Å². The molecule has 1 aromatic heterocycles. The summed E-state index contributed by atoms with van der Waals surface area (Å²) in [4.78, 5) is 13.4. The lowest BCUT2D eigenvalue weighted by molar-refractivity contribution is -0.125. The van der Waals surface area contributed by atoms with Crippen LogP contribution in [0, 0.1) is 13.8 Å². The number of aryl methyl sites for hydroxylation is 1. The minimum atomic E-state index is -3.73. The summed E-state index contributed by atoms with van der Waals surface area (Å²) in [7, 11) is -3.73. The highest BCUT2D eigenvalue weighted by Crippen LogP contribution is 2.25. The van der Waals surface area contributed by atoms with Gasteiger partial charge in [-0.25, -0.2) is 8.42 Å². The number of sulfonamides is 1. The van der Waals surface area contributed by atoms with E-state index in [9.17, 15) is 13.2 Å². The van der Waals surface area contributed by atoms with Crippen LogP contribution in [0.25, 0.3) is 0 Å². The molecule has 8 heteroatoms. The van der Waals surface area contributed by atoms with Crippen molar-refractivity contribution in [2.45, 2.75) is 57.1 Å². The molecule has 0 bridgehead atoms. The first-order valence-electron chi connectivity index (χ1n) is 11.3. The fourth-order valence-electron chi connectivity index (χ4n) is 4.38. The zero-order valence-corrected chi connectivity index (χ0v) is 19.9. The van der Waals surface area contributed by atoms with Gasteiger partial charge in [0.15, 0.2) is 0 Å².